The molecule has 3 aromatic rings. The van der Waals surface area contributed by atoms with Gasteiger partial charge in [-0.2, -0.15) is 13.2 Å². The topological polar surface area (TPSA) is 41.6 Å². The van der Waals surface area contributed by atoms with Gasteiger partial charge in [0.05, 0.1) is 16.6 Å². The minimum absolute atomic E-state index is 0.144. The summed E-state index contributed by atoms with van der Waals surface area (Å²) < 4.78 is 38.8. The van der Waals surface area contributed by atoms with Crippen LogP contribution in [-0.4, -0.2) is 21.1 Å². The second-order valence-electron chi connectivity index (χ2n) is 6.16. The van der Waals surface area contributed by atoms with E-state index in [9.17, 15) is 13.2 Å². The lowest BCUT2D eigenvalue weighted by Gasteiger charge is -2.18. The Morgan fingerprint density at radius 1 is 1.19 bits per heavy atom. The molecule has 2 heterocycles. The fourth-order valence-corrected chi connectivity index (χ4v) is 4.23. The summed E-state index contributed by atoms with van der Waals surface area (Å²) in [5.41, 5.74) is 2.37. The molecule has 9 heteroatoms. The van der Waals surface area contributed by atoms with Crippen molar-refractivity contribution in [1.82, 2.24) is 15.0 Å². The van der Waals surface area contributed by atoms with Gasteiger partial charge < -0.3 is 4.98 Å². The van der Waals surface area contributed by atoms with Crippen LogP contribution in [0.4, 0.5) is 13.2 Å². The van der Waals surface area contributed by atoms with E-state index in [0.717, 1.165) is 16.6 Å². The third-order valence-electron chi connectivity index (χ3n) is 4.33. The average Bonchev–Trinajstić information content (AvgIpc) is 3.23. The normalized spacial score (nSPS) is 16.6. The van der Waals surface area contributed by atoms with Gasteiger partial charge in [0.15, 0.2) is 5.82 Å². The number of halogens is 5. The van der Waals surface area contributed by atoms with Gasteiger partial charge in [0.25, 0.3) is 0 Å². The molecule has 0 saturated carbocycles. The van der Waals surface area contributed by atoms with Crippen LogP contribution in [0.5, 0.6) is 0 Å². The number of benzene rings is 1. The van der Waals surface area contributed by atoms with Crippen molar-refractivity contribution in [2.45, 2.75) is 19.0 Å². The predicted molar refractivity (Wildman–Crippen MR) is 101 cm³/mol. The van der Waals surface area contributed by atoms with Crippen LogP contribution < -0.4 is 0 Å². The average molecular weight is 430 g/mol. The summed E-state index contributed by atoms with van der Waals surface area (Å²) in [6.07, 6.45) is -1.37. The van der Waals surface area contributed by atoms with Gasteiger partial charge in [-0.1, -0.05) is 35.3 Å². The summed E-state index contributed by atoms with van der Waals surface area (Å²) in [5.74, 6) is -1.04. The summed E-state index contributed by atoms with van der Waals surface area (Å²) in [6, 6.07) is 5.30. The van der Waals surface area contributed by atoms with Gasteiger partial charge in [-0.15, -0.1) is 11.3 Å². The summed E-state index contributed by atoms with van der Waals surface area (Å²) in [7, 11) is 0. The molecule has 1 aromatic carbocycles. The second kappa shape index (κ2) is 6.96. The highest BCUT2D eigenvalue weighted by atomic mass is 35.5. The highest BCUT2D eigenvalue weighted by Gasteiger charge is 2.40. The molecule has 0 aliphatic heterocycles. The SMILES string of the molecule is FC(F)(F)C1C=Cc2nc(-c3csc(Cc4c(Cl)cccc4Cl)n3)[nH]c2C1. The Hall–Kier alpha value is -1.83. The highest BCUT2D eigenvalue weighted by molar-refractivity contribution is 7.10. The highest BCUT2D eigenvalue weighted by Crippen LogP contribution is 2.35. The number of aromatic nitrogens is 3. The number of fused-ring (bicyclic) bond motifs is 1. The molecule has 0 radical (unpaired) electrons. The third-order valence-corrected chi connectivity index (χ3v) is 5.88. The summed E-state index contributed by atoms with van der Waals surface area (Å²) in [4.78, 5) is 11.9. The van der Waals surface area contributed by atoms with Crippen LogP contribution in [0.15, 0.2) is 29.7 Å². The Morgan fingerprint density at radius 2 is 1.93 bits per heavy atom. The van der Waals surface area contributed by atoms with Crippen molar-refractivity contribution in [3.8, 4) is 11.5 Å². The lowest BCUT2D eigenvalue weighted by Crippen LogP contribution is -2.25. The first kappa shape index (κ1) is 18.5. The van der Waals surface area contributed by atoms with Gasteiger partial charge >= 0.3 is 6.18 Å². The van der Waals surface area contributed by atoms with E-state index in [1.54, 1.807) is 18.2 Å². The van der Waals surface area contributed by atoms with E-state index in [-0.39, 0.29) is 6.42 Å². The summed E-state index contributed by atoms with van der Waals surface area (Å²) in [5, 5.41) is 3.74. The Balaban J connectivity index is 1.57. The molecule has 1 atom stereocenters. The largest absolute Gasteiger partial charge is 0.395 e. The maximum atomic E-state index is 12.9. The molecule has 140 valence electrons. The third kappa shape index (κ3) is 3.77. The lowest BCUT2D eigenvalue weighted by molar-refractivity contribution is -0.160. The zero-order chi connectivity index (χ0) is 19.2. The molecule has 3 nitrogen and oxygen atoms in total. The fraction of sp³-hybridized carbons (Fsp3) is 0.222. The van der Waals surface area contributed by atoms with Crippen molar-refractivity contribution in [3.05, 3.63) is 61.7 Å². The Kier molecular flexibility index (Phi) is 4.78. The van der Waals surface area contributed by atoms with Crippen molar-refractivity contribution < 1.29 is 13.2 Å². The van der Waals surface area contributed by atoms with Gasteiger partial charge in [-0.25, -0.2) is 9.97 Å². The molecule has 1 N–H and O–H groups in total. The number of nitrogens with one attached hydrogen (secondary N) is 1. The zero-order valence-electron chi connectivity index (χ0n) is 13.6. The van der Waals surface area contributed by atoms with Gasteiger partial charge in [-0.3, -0.25) is 0 Å². The number of thiazole rings is 1. The predicted octanol–water partition coefficient (Wildman–Crippen LogP) is 6.18. The Morgan fingerprint density at radius 3 is 2.63 bits per heavy atom. The molecule has 2 aromatic heterocycles. The van der Waals surface area contributed by atoms with E-state index in [1.807, 2.05) is 5.38 Å². The molecule has 27 heavy (non-hydrogen) atoms. The molecular weight excluding hydrogens is 418 g/mol. The maximum absolute atomic E-state index is 12.9. The van der Waals surface area contributed by atoms with E-state index in [4.69, 9.17) is 23.2 Å². The number of H-pyrrole nitrogens is 1. The molecule has 1 aliphatic carbocycles. The number of nitrogens with zero attached hydrogens (tertiary/aromatic N) is 2. The zero-order valence-corrected chi connectivity index (χ0v) is 16.0. The van der Waals surface area contributed by atoms with Crippen molar-refractivity contribution in [1.29, 1.82) is 0 Å². The first-order chi connectivity index (χ1) is 12.8. The van der Waals surface area contributed by atoms with Gasteiger partial charge in [0.2, 0.25) is 0 Å². The number of aromatic amines is 1. The van der Waals surface area contributed by atoms with Crippen LogP contribution in [-0.2, 0) is 12.8 Å². The molecule has 0 bridgehead atoms. The minimum Gasteiger partial charge on any atom is -0.340 e. The minimum atomic E-state index is -4.26. The van der Waals surface area contributed by atoms with Crippen LogP contribution in [0.3, 0.4) is 0 Å². The molecular formula is C18H12Cl2F3N3S. The quantitative estimate of drug-likeness (QED) is 0.539. The maximum Gasteiger partial charge on any atom is 0.395 e. The van der Waals surface area contributed by atoms with E-state index in [0.29, 0.717) is 39.4 Å². The molecule has 0 amide bonds. The van der Waals surface area contributed by atoms with Crippen molar-refractivity contribution in [2.24, 2.45) is 5.92 Å². The number of allylic oxidation sites excluding steroid dienone is 1. The molecule has 1 unspecified atom stereocenters. The standard InChI is InChI=1S/C18H12Cl2F3N3S/c19-11-2-1-3-12(20)10(11)7-16-24-15(8-27-16)17-25-13-5-4-9(18(21,22)23)6-14(13)26-17/h1-5,8-9H,6-7H2,(H,25,26). The lowest BCUT2D eigenvalue weighted by atomic mass is 9.96. The van der Waals surface area contributed by atoms with Crippen LogP contribution >= 0.6 is 34.5 Å². The van der Waals surface area contributed by atoms with Crippen LogP contribution in [0.25, 0.3) is 17.6 Å². The fourth-order valence-electron chi connectivity index (χ4n) is 2.91. The monoisotopic (exact) mass is 429 g/mol. The van der Waals surface area contributed by atoms with Crippen LogP contribution in [0.1, 0.15) is 22.0 Å². The first-order valence-corrected chi connectivity index (χ1v) is 9.66. The van der Waals surface area contributed by atoms with Gasteiger partial charge in [0.1, 0.15) is 5.69 Å². The van der Waals surface area contributed by atoms with Crippen molar-refractivity contribution in [3.63, 3.8) is 0 Å². The molecule has 4 rings (SSSR count). The number of alkyl halides is 3. The van der Waals surface area contributed by atoms with Crippen LogP contribution in [0.2, 0.25) is 10.0 Å². The van der Waals surface area contributed by atoms with E-state index < -0.39 is 12.1 Å². The Bertz CT molecular complexity index is 1000. The number of rotatable bonds is 3. The number of hydrogen-bond acceptors (Lipinski definition) is 3. The van der Waals surface area contributed by atoms with E-state index in [2.05, 4.69) is 15.0 Å². The number of hydrogen-bond donors (Lipinski definition) is 1. The molecule has 0 fully saturated rings. The number of imidazole rings is 1. The van der Waals surface area contributed by atoms with Crippen molar-refractivity contribution in [2.75, 3.05) is 0 Å². The first-order valence-electron chi connectivity index (χ1n) is 8.02. The van der Waals surface area contributed by atoms with Gasteiger partial charge in [-0.05, 0) is 23.8 Å². The molecule has 1 aliphatic rings. The van der Waals surface area contributed by atoms with E-state index >= 15 is 0 Å². The van der Waals surface area contributed by atoms with E-state index in [1.165, 1.54) is 17.4 Å². The van der Waals surface area contributed by atoms with Crippen LogP contribution in [0, 0.1) is 5.92 Å². The molecule has 0 spiro atoms. The summed E-state index contributed by atoms with van der Waals surface area (Å²) in [6.45, 7) is 0. The second-order valence-corrected chi connectivity index (χ2v) is 7.92. The summed E-state index contributed by atoms with van der Waals surface area (Å²) >= 11 is 13.8. The smallest absolute Gasteiger partial charge is 0.340 e. The van der Waals surface area contributed by atoms with Crippen molar-refractivity contribution >= 4 is 40.6 Å². The Labute approximate surface area is 166 Å². The molecule has 0 saturated heterocycles. The van der Waals surface area contributed by atoms with Gasteiger partial charge in [0, 0.05) is 34.0 Å².